The lowest BCUT2D eigenvalue weighted by Gasteiger charge is -2.23. The third-order valence-electron chi connectivity index (χ3n) is 4.78. The van der Waals surface area contributed by atoms with Gasteiger partial charge in [0.05, 0.1) is 16.3 Å². The molecule has 1 atom stereocenters. The highest BCUT2D eigenvalue weighted by molar-refractivity contribution is 7.98. The summed E-state index contributed by atoms with van der Waals surface area (Å²) in [6, 6.07) is 8.10. The average Bonchev–Trinajstić information content (AvgIpc) is 3.41. The molecule has 1 aliphatic carbocycles. The number of hydrogen-bond acceptors (Lipinski definition) is 6. The maximum Gasteiger partial charge on any atom is 0.254 e. The fourth-order valence-electron chi connectivity index (χ4n) is 3.19. The number of aromatic nitrogens is 4. The minimum absolute atomic E-state index is 0.542. The van der Waals surface area contributed by atoms with Crippen molar-refractivity contribution in [2.75, 3.05) is 11.9 Å². The second-order valence-corrected chi connectivity index (χ2v) is 7.85. The van der Waals surface area contributed by atoms with E-state index in [2.05, 4.69) is 27.0 Å². The van der Waals surface area contributed by atoms with Gasteiger partial charge in [-0.2, -0.15) is 14.6 Å². The maximum atomic E-state index is 11.7. The molecule has 2 aromatic heterocycles. The summed E-state index contributed by atoms with van der Waals surface area (Å²) in [4.78, 5) is 11.8. The largest absolute Gasteiger partial charge is 0.356 e. The molecule has 3 aromatic rings. The quantitative estimate of drug-likeness (QED) is 0.533. The molecular weight excluding hydrogens is 348 g/mol. The Balaban J connectivity index is 1.75. The number of benzene rings is 1. The zero-order valence-electron chi connectivity index (χ0n) is 14.7. The molecule has 7 nitrogen and oxygen atoms in total. The van der Waals surface area contributed by atoms with Crippen LogP contribution in [0.25, 0.3) is 5.78 Å². The molecule has 0 saturated heterocycles. The molecular formula is C18H20N6OS. The summed E-state index contributed by atoms with van der Waals surface area (Å²) >= 11 is 0. The summed E-state index contributed by atoms with van der Waals surface area (Å²) in [5.41, 5.74) is 4.12. The van der Waals surface area contributed by atoms with E-state index < -0.39 is 10.8 Å². The number of rotatable bonds is 6. The Bertz CT molecular complexity index is 993. The van der Waals surface area contributed by atoms with Gasteiger partial charge in [0.15, 0.2) is 0 Å². The molecule has 1 aromatic carbocycles. The molecule has 0 spiro atoms. The van der Waals surface area contributed by atoms with Crippen molar-refractivity contribution in [3.05, 3.63) is 47.4 Å². The minimum Gasteiger partial charge on any atom is -0.356 e. The van der Waals surface area contributed by atoms with Crippen LogP contribution in [0.3, 0.4) is 0 Å². The van der Waals surface area contributed by atoms with Crippen molar-refractivity contribution in [1.82, 2.24) is 19.6 Å². The molecule has 1 N–H and O–H groups in total. The van der Waals surface area contributed by atoms with Gasteiger partial charge in [-0.3, -0.25) is 5.41 Å². The molecule has 8 heteroatoms. The summed E-state index contributed by atoms with van der Waals surface area (Å²) in [6.07, 6.45) is 4.63. The number of fused-ring (bicyclic) bond motifs is 1. The standard InChI is InChI=1S/C18H20N6OS/c1-12-16(9-13-3-7-15(8-4-13)26(25)10-19)17(23(2)14-5-6-14)24-18(22-12)20-11-21-24/h3-4,7-8,10-11,14,19H,5-6,9H2,1-2H3. The first-order valence-electron chi connectivity index (χ1n) is 8.50. The Morgan fingerprint density at radius 2 is 2.08 bits per heavy atom. The van der Waals surface area contributed by atoms with E-state index >= 15 is 0 Å². The summed E-state index contributed by atoms with van der Waals surface area (Å²) in [5.74, 6) is 1.66. The zero-order valence-corrected chi connectivity index (χ0v) is 15.5. The van der Waals surface area contributed by atoms with Crippen LogP contribution in [-0.2, 0) is 17.2 Å². The van der Waals surface area contributed by atoms with Crippen LogP contribution in [0.15, 0.2) is 35.5 Å². The van der Waals surface area contributed by atoms with E-state index in [0.717, 1.165) is 28.2 Å². The van der Waals surface area contributed by atoms with Crippen LogP contribution in [0, 0.1) is 12.3 Å². The average molecular weight is 368 g/mol. The molecule has 1 aliphatic rings. The number of aryl methyl sites for hydroxylation is 1. The Labute approximate surface area is 154 Å². The molecule has 0 aliphatic heterocycles. The van der Waals surface area contributed by atoms with E-state index in [1.807, 2.05) is 35.7 Å². The van der Waals surface area contributed by atoms with Gasteiger partial charge in [0, 0.05) is 35.7 Å². The number of anilines is 1. The van der Waals surface area contributed by atoms with Gasteiger partial charge in [-0.15, -0.1) is 0 Å². The van der Waals surface area contributed by atoms with Crippen LogP contribution in [0.5, 0.6) is 0 Å². The van der Waals surface area contributed by atoms with Crippen molar-refractivity contribution >= 4 is 27.9 Å². The summed E-state index contributed by atoms with van der Waals surface area (Å²) in [5, 5.41) is 11.5. The monoisotopic (exact) mass is 368 g/mol. The van der Waals surface area contributed by atoms with Gasteiger partial charge in [-0.05, 0) is 37.5 Å². The SMILES string of the molecule is Cc1nc2ncnn2c(N(C)C2CC2)c1Cc1ccc(S(=O)C=N)cc1. The first-order chi connectivity index (χ1) is 12.6. The van der Waals surface area contributed by atoms with E-state index in [-0.39, 0.29) is 0 Å². The van der Waals surface area contributed by atoms with Gasteiger partial charge in [-0.25, -0.2) is 9.19 Å². The second-order valence-electron chi connectivity index (χ2n) is 6.55. The minimum atomic E-state index is -1.37. The molecule has 2 heterocycles. The molecule has 0 amide bonds. The second kappa shape index (κ2) is 6.60. The maximum absolute atomic E-state index is 11.7. The van der Waals surface area contributed by atoms with E-state index in [1.54, 1.807) is 0 Å². The van der Waals surface area contributed by atoms with Crippen molar-refractivity contribution in [2.24, 2.45) is 0 Å². The van der Waals surface area contributed by atoms with E-state index in [4.69, 9.17) is 5.41 Å². The van der Waals surface area contributed by atoms with Crippen molar-refractivity contribution in [1.29, 1.82) is 5.41 Å². The molecule has 1 unspecified atom stereocenters. The molecule has 1 fully saturated rings. The topological polar surface area (TPSA) is 87.2 Å². The van der Waals surface area contributed by atoms with Gasteiger partial charge in [0.25, 0.3) is 5.78 Å². The van der Waals surface area contributed by atoms with E-state index in [1.165, 1.54) is 19.2 Å². The summed E-state index contributed by atoms with van der Waals surface area (Å²) < 4.78 is 13.5. The molecule has 4 rings (SSSR count). The summed E-state index contributed by atoms with van der Waals surface area (Å²) in [6.45, 7) is 2.01. The lowest BCUT2D eigenvalue weighted by Crippen LogP contribution is -2.25. The van der Waals surface area contributed by atoms with Crippen LogP contribution < -0.4 is 4.90 Å². The molecule has 1 saturated carbocycles. The van der Waals surface area contributed by atoms with Crippen LogP contribution in [0.4, 0.5) is 5.82 Å². The predicted molar refractivity (Wildman–Crippen MR) is 101 cm³/mol. The number of nitrogens with one attached hydrogen (secondary N) is 1. The third-order valence-corrected chi connectivity index (χ3v) is 5.73. The Hall–Kier alpha value is -2.61. The number of nitrogens with zero attached hydrogens (tertiary/aromatic N) is 5. The predicted octanol–water partition coefficient (Wildman–Crippen LogP) is 2.34. The van der Waals surface area contributed by atoms with Crippen LogP contribution in [-0.4, -0.2) is 42.4 Å². The zero-order chi connectivity index (χ0) is 18.3. The normalized spacial score (nSPS) is 15.2. The lowest BCUT2D eigenvalue weighted by molar-refractivity contribution is 0.690. The van der Waals surface area contributed by atoms with Gasteiger partial charge in [-0.1, -0.05) is 12.1 Å². The molecule has 0 bridgehead atoms. The third kappa shape index (κ3) is 3.01. The highest BCUT2D eigenvalue weighted by atomic mass is 32.2. The highest BCUT2D eigenvalue weighted by Crippen LogP contribution is 2.34. The van der Waals surface area contributed by atoms with Gasteiger partial charge in [0.1, 0.15) is 12.1 Å². The fourth-order valence-corrected chi connectivity index (χ4v) is 3.73. The van der Waals surface area contributed by atoms with Gasteiger partial charge < -0.3 is 4.90 Å². The van der Waals surface area contributed by atoms with Crippen molar-refractivity contribution in [3.8, 4) is 0 Å². The highest BCUT2D eigenvalue weighted by Gasteiger charge is 2.30. The Morgan fingerprint density at radius 1 is 1.35 bits per heavy atom. The van der Waals surface area contributed by atoms with Crippen molar-refractivity contribution in [2.45, 2.75) is 37.1 Å². The van der Waals surface area contributed by atoms with Crippen LogP contribution >= 0.6 is 0 Å². The van der Waals surface area contributed by atoms with Gasteiger partial charge in [0.2, 0.25) is 0 Å². The first kappa shape index (κ1) is 16.8. The van der Waals surface area contributed by atoms with Crippen LogP contribution in [0.2, 0.25) is 0 Å². The Morgan fingerprint density at radius 3 is 2.73 bits per heavy atom. The number of hydrogen-bond donors (Lipinski definition) is 1. The Kier molecular flexibility index (Phi) is 4.28. The van der Waals surface area contributed by atoms with Crippen molar-refractivity contribution < 1.29 is 4.21 Å². The van der Waals surface area contributed by atoms with Gasteiger partial charge >= 0.3 is 0 Å². The van der Waals surface area contributed by atoms with E-state index in [0.29, 0.717) is 23.1 Å². The van der Waals surface area contributed by atoms with Crippen molar-refractivity contribution in [3.63, 3.8) is 0 Å². The molecule has 26 heavy (non-hydrogen) atoms. The lowest BCUT2D eigenvalue weighted by atomic mass is 10.0. The molecule has 134 valence electrons. The molecule has 0 radical (unpaired) electrons. The smallest absolute Gasteiger partial charge is 0.254 e. The van der Waals surface area contributed by atoms with Crippen LogP contribution in [0.1, 0.15) is 29.7 Å². The van der Waals surface area contributed by atoms with E-state index in [9.17, 15) is 4.21 Å². The fraction of sp³-hybridized carbons (Fsp3) is 0.333. The first-order valence-corrected chi connectivity index (χ1v) is 9.72. The summed E-state index contributed by atoms with van der Waals surface area (Å²) in [7, 11) is 0.731.